The number of benzene rings is 1. The molecule has 12 heteroatoms. The van der Waals surface area contributed by atoms with Gasteiger partial charge in [0.1, 0.15) is 6.10 Å². The summed E-state index contributed by atoms with van der Waals surface area (Å²) in [4.78, 5) is 61.9. The van der Waals surface area contributed by atoms with Crippen LogP contribution in [-0.4, -0.2) is 72.4 Å². The number of rotatable bonds is 8. The maximum atomic E-state index is 14.6. The lowest BCUT2D eigenvalue weighted by atomic mass is 9.77. The first-order valence-electron chi connectivity index (χ1n) is 18.8. The van der Waals surface area contributed by atoms with E-state index in [2.05, 4.69) is 28.8 Å². The van der Waals surface area contributed by atoms with Crippen molar-refractivity contribution in [3.63, 3.8) is 0 Å². The van der Waals surface area contributed by atoms with Crippen LogP contribution in [0.25, 0.3) is 10.8 Å². The van der Waals surface area contributed by atoms with Crippen LogP contribution in [0, 0.1) is 22.7 Å². The van der Waals surface area contributed by atoms with E-state index in [-0.39, 0.29) is 50.0 Å². The molecule has 2 aliphatic carbocycles. The fraction of sp³-hybridized carbons (Fsp3) is 0.667. The van der Waals surface area contributed by atoms with Crippen LogP contribution < -0.4 is 9.46 Å². The minimum absolute atomic E-state index is 0.0989. The molecule has 5 atom stereocenters. The highest BCUT2D eigenvalue weighted by Crippen LogP contribution is 2.58. The summed E-state index contributed by atoms with van der Waals surface area (Å²) in [5, 5.41) is 1.37. The second-order valence-electron chi connectivity index (χ2n) is 16.2. The molecule has 278 valence electrons. The number of sulfonamides is 1. The SMILES string of the molecule is CCc1cc2cc3c(nccc13)O[C@@H]1C[C@@H](C(=O)CC3(C(=O)NS(=O)(=O)C4CC4)CC3CC)N(C1)C(=O)[C@H](C(C)(C)C)CC(=O)OCCCCC2. The molecule has 51 heavy (non-hydrogen) atoms. The third-order valence-corrected chi connectivity index (χ3v) is 13.3. The van der Waals surface area contributed by atoms with Gasteiger partial charge in [-0.1, -0.05) is 47.1 Å². The summed E-state index contributed by atoms with van der Waals surface area (Å²) in [6.07, 6.45) is 7.27. The molecule has 2 amide bonds. The number of ketones is 1. The standard InChI is InChI=1S/C39H53N3O8S/c1-6-25-17-24-11-9-8-10-16-49-34(44)20-31(38(3,4)5)36(45)42-23-27(50-35-30(18-24)29(25)14-15-40-35)19-32(42)33(43)22-39(21-26(39)7-2)37(46)41-51(47,48)28-12-13-28/h14-15,17-18,26-28,31-32H,6-13,16,19-23H2,1-5H3,(H,41,46)/t26?,27-,31-,32+,39?/m1/s1. The van der Waals surface area contributed by atoms with E-state index in [4.69, 9.17) is 9.47 Å². The second-order valence-corrected chi connectivity index (χ2v) is 18.2. The van der Waals surface area contributed by atoms with Crippen LogP contribution in [0.15, 0.2) is 24.4 Å². The Morgan fingerprint density at radius 1 is 1.08 bits per heavy atom. The molecule has 3 heterocycles. The number of hydrogen-bond donors (Lipinski definition) is 1. The number of cyclic esters (lactones) is 1. The van der Waals surface area contributed by atoms with E-state index in [1.807, 2.05) is 33.8 Å². The quantitative estimate of drug-likeness (QED) is 0.351. The number of Topliss-reactive ketones (excluding diaryl/α,β-unsaturated/α-hetero) is 1. The van der Waals surface area contributed by atoms with Gasteiger partial charge in [0.2, 0.25) is 27.7 Å². The number of pyridine rings is 1. The Kier molecular flexibility index (Phi) is 10.6. The molecule has 1 aromatic carbocycles. The predicted molar refractivity (Wildman–Crippen MR) is 192 cm³/mol. The van der Waals surface area contributed by atoms with Crippen LogP contribution in [0.5, 0.6) is 5.88 Å². The van der Waals surface area contributed by atoms with Crippen LogP contribution in [-0.2, 0) is 46.8 Å². The lowest BCUT2D eigenvalue weighted by Gasteiger charge is -2.34. The van der Waals surface area contributed by atoms with Crippen molar-refractivity contribution in [2.45, 2.75) is 129 Å². The number of carbonyl (C=O) groups is 4. The topological polar surface area (TPSA) is 149 Å². The van der Waals surface area contributed by atoms with Gasteiger partial charge < -0.3 is 14.4 Å². The number of nitrogens with one attached hydrogen (secondary N) is 1. The van der Waals surface area contributed by atoms with Gasteiger partial charge in [-0.3, -0.25) is 23.9 Å². The van der Waals surface area contributed by atoms with Crippen molar-refractivity contribution in [2.24, 2.45) is 22.7 Å². The summed E-state index contributed by atoms with van der Waals surface area (Å²) in [6, 6.07) is 5.41. The average molecular weight is 724 g/mol. The molecular weight excluding hydrogens is 671 g/mol. The molecule has 0 spiro atoms. The van der Waals surface area contributed by atoms with Crippen molar-refractivity contribution in [1.82, 2.24) is 14.6 Å². The lowest BCUT2D eigenvalue weighted by molar-refractivity contribution is -0.153. The van der Waals surface area contributed by atoms with Crippen molar-refractivity contribution in [3.05, 3.63) is 35.5 Å². The van der Waals surface area contributed by atoms with E-state index in [1.54, 1.807) is 6.20 Å². The predicted octanol–water partition coefficient (Wildman–Crippen LogP) is 5.45. The zero-order valence-electron chi connectivity index (χ0n) is 30.7. The largest absolute Gasteiger partial charge is 0.472 e. The zero-order chi connectivity index (χ0) is 36.7. The van der Waals surface area contributed by atoms with Gasteiger partial charge in [-0.05, 0) is 91.3 Å². The molecule has 4 bridgehead atoms. The minimum Gasteiger partial charge on any atom is -0.472 e. The van der Waals surface area contributed by atoms with Gasteiger partial charge in [0.05, 0.1) is 42.2 Å². The van der Waals surface area contributed by atoms with Gasteiger partial charge in [0.25, 0.3) is 0 Å². The van der Waals surface area contributed by atoms with Crippen LogP contribution in [0.4, 0.5) is 0 Å². The molecule has 1 saturated heterocycles. The Bertz CT molecular complexity index is 1800. The summed E-state index contributed by atoms with van der Waals surface area (Å²) in [5.74, 6) is -2.21. The zero-order valence-corrected chi connectivity index (χ0v) is 31.5. The summed E-state index contributed by atoms with van der Waals surface area (Å²) < 4.78 is 40.0. The van der Waals surface area contributed by atoms with Crippen molar-refractivity contribution in [2.75, 3.05) is 13.2 Å². The van der Waals surface area contributed by atoms with Crippen molar-refractivity contribution >= 4 is 44.4 Å². The summed E-state index contributed by atoms with van der Waals surface area (Å²) in [6.45, 7) is 10.1. The maximum absolute atomic E-state index is 14.6. The van der Waals surface area contributed by atoms with Crippen molar-refractivity contribution in [3.8, 4) is 5.88 Å². The molecule has 3 fully saturated rings. The third-order valence-electron chi connectivity index (χ3n) is 11.5. The number of esters is 1. The molecule has 1 N–H and O–H groups in total. The second kappa shape index (κ2) is 14.5. The van der Waals surface area contributed by atoms with Gasteiger partial charge in [0.15, 0.2) is 5.78 Å². The van der Waals surface area contributed by atoms with Gasteiger partial charge in [0, 0.05) is 24.4 Å². The van der Waals surface area contributed by atoms with E-state index in [1.165, 1.54) is 16.0 Å². The Labute approximate surface area is 301 Å². The van der Waals surface area contributed by atoms with Gasteiger partial charge >= 0.3 is 5.97 Å². The van der Waals surface area contributed by atoms with Crippen molar-refractivity contribution < 1.29 is 37.1 Å². The molecule has 2 unspecified atom stereocenters. The van der Waals surface area contributed by atoms with E-state index in [0.717, 1.165) is 36.5 Å². The molecular formula is C39H53N3O8S. The molecule has 2 aliphatic heterocycles. The Morgan fingerprint density at radius 3 is 2.51 bits per heavy atom. The van der Waals surface area contributed by atoms with E-state index < -0.39 is 56.0 Å². The molecule has 6 rings (SSSR count). The number of nitrogens with zero attached hydrogens (tertiary/aromatic N) is 2. The Hall–Kier alpha value is -3.54. The number of ether oxygens (including phenoxy) is 2. The van der Waals surface area contributed by atoms with Crippen LogP contribution >= 0.6 is 0 Å². The molecule has 2 aromatic rings. The Morgan fingerprint density at radius 2 is 1.84 bits per heavy atom. The highest BCUT2D eigenvalue weighted by Gasteiger charge is 2.62. The molecule has 1 aromatic heterocycles. The monoisotopic (exact) mass is 723 g/mol. The summed E-state index contributed by atoms with van der Waals surface area (Å²) >= 11 is 0. The maximum Gasteiger partial charge on any atom is 0.306 e. The van der Waals surface area contributed by atoms with E-state index in [0.29, 0.717) is 38.0 Å². The number of aryl methyl sites for hydroxylation is 2. The lowest BCUT2D eigenvalue weighted by Crippen LogP contribution is -2.48. The number of fused-ring (bicyclic) bond motifs is 3. The van der Waals surface area contributed by atoms with Crippen LogP contribution in [0.1, 0.15) is 110 Å². The first-order chi connectivity index (χ1) is 24.2. The highest BCUT2D eigenvalue weighted by molar-refractivity contribution is 7.90. The van der Waals surface area contributed by atoms with E-state index >= 15 is 0 Å². The normalized spacial score (nSPS) is 27.7. The summed E-state index contributed by atoms with van der Waals surface area (Å²) in [7, 11) is -3.80. The Balaban J connectivity index is 1.34. The number of amides is 2. The smallest absolute Gasteiger partial charge is 0.306 e. The van der Waals surface area contributed by atoms with Gasteiger partial charge in [-0.2, -0.15) is 0 Å². The molecule has 0 radical (unpaired) electrons. The highest BCUT2D eigenvalue weighted by atomic mass is 32.2. The fourth-order valence-electron chi connectivity index (χ4n) is 8.12. The number of hydrogen-bond acceptors (Lipinski definition) is 9. The summed E-state index contributed by atoms with van der Waals surface area (Å²) in [5.41, 5.74) is 0.576. The molecule has 2 saturated carbocycles. The van der Waals surface area contributed by atoms with Gasteiger partial charge in [-0.15, -0.1) is 0 Å². The fourth-order valence-corrected chi connectivity index (χ4v) is 9.50. The molecule has 4 aliphatic rings. The number of carbonyl (C=O) groups excluding carboxylic acids is 4. The van der Waals surface area contributed by atoms with Crippen LogP contribution in [0.3, 0.4) is 0 Å². The van der Waals surface area contributed by atoms with Gasteiger partial charge in [-0.25, -0.2) is 13.4 Å². The van der Waals surface area contributed by atoms with Crippen molar-refractivity contribution in [1.29, 1.82) is 0 Å². The third kappa shape index (κ3) is 7.95. The van der Waals surface area contributed by atoms with Crippen LogP contribution in [0.2, 0.25) is 0 Å². The number of aromatic nitrogens is 1. The first-order valence-corrected chi connectivity index (χ1v) is 20.3. The van der Waals surface area contributed by atoms with E-state index in [9.17, 15) is 27.6 Å². The first kappa shape index (κ1) is 37.2. The minimum atomic E-state index is -3.80. The molecule has 11 nitrogen and oxygen atoms in total. The average Bonchev–Trinajstić information content (AvgIpc) is 4.00.